The highest BCUT2D eigenvalue weighted by Crippen LogP contribution is 2.43. The van der Waals surface area contributed by atoms with Crippen molar-refractivity contribution < 1.29 is 0 Å². The molecule has 0 saturated carbocycles. The Hall–Kier alpha value is -5.64. The van der Waals surface area contributed by atoms with E-state index in [1.807, 2.05) is 11.3 Å². The first-order valence-corrected chi connectivity index (χ1v) is 16.0. The van der Waals surface area contributed by atoms with Crippen molar-refractivity contribution in [1.29, 1.82) is 0 Å². The van der Waals surface area contributed by atoms with E-state index in [4.69, 9.17) is 9.97 Å². The number of thiophene rings is 1. The average molecular weight is 591 g/mol. The molecule has 0 fully saturated rings. The van der Waals surface area contributed by atoms with Crippen LogP contribution >= 0.6 is 11.3 Å². The van der Waals surface area contributed by atoms with Crippen molar-refractivity contribution >= 4 is 53.1 Å². The molecule has 45 heavy (non-hydrogen) atoms. The summed E-state index contributed by atoms with van der Waals surface area (Å²) >= 11 is 1.84. The summed E-state index contributed by atoms with van der Waals surface area (Å²) in [7, 11) is 0. The van der Waals surface area contributed by atoms with Crippen LogP contribution in [0.1, 0.15) is 0 Å². The van der Waals surface area contributed by atoms with Crippen molar-refractivity contribution in [3.05, 3.63) is 158 Å². The average Bonchev–Trinajstić information content (AvgIpc) is 3.49. The Morgan fingerprint density at radius 1 is 0.378 bits per heavy atom. The predicted octanol–water partition coefficient (Wildman–Crippen LogP) is 11.8. The van der Waals surface area contributed by atoms with E-state index in [2.05, 4.69) is 158 Å². The van der Waals surface area contributed by atoms with Crippen LogP contribution in [-0.2, 0) is 0 Å². The molecule has 210 valence electrons. The lowest BCUT2D eigenvalue weighted by Gasteiger charge is -2.13. The van der Waals surface area contributed by atoms with Crippen LogP contribution in [0.15, 0.2) is 158 Å². The summed E-state index contributed by atoms with van der Waals surface area (Å²) < 4.78 is 2.53. The van der Waals surface area contributed by atoms with Crippen LogP contribution in [0.3, 0.4) is 0 Å². The fraction of sp³-hybridized carbons (Fsp3) is 0. The highest BCUT2D eigenvalue weighted by molar-refractivity contribution is 7.26. The molecular formula is C42H26N2S. The van der Waals surface area contributed by atoms with Crippen molar-refractivity contribution in [3.63, 3.8) is 0 Å². The highest BCUT2D eigenvalue weighted by Gasteiger charge is 2.18. The fourth-order valence-corrected chi connectivity index (χ4v) is 7.56. The number of rotatable bonds is 4. The number of nitrogens with zero attached hydrogens (tertiary/aromatic N) is 2. The van der Waals surface area contributed by atoms with E-state index in [-0.39, 0.29) is 0 Å². The molecule has 2 aromatic heterocycles. The summed E-state index contributed by atoms with van der Waals surface area (Å²) in [6.45, 7) is 0. The van der Waals surface area contributed by atoms with Gasteiger partial charge in [0.2, 0.25) is 0 Å². The molecule has 0 amide bonds. The summed E-state index contributed by atoms with van der Waals surface area (Å²) in [6.07, 6.45) is 0. The quantitative estimate of drug-likeness (QED) is 0.204. The van der Waals surface area contributed by atoms with E-state index in [0.717, 1.165) is 33.9 Å². The van der Waals surface area contributed by atoms with Crippen molar-refractivity contribution in [2.75, 3.05) is 0 Å². The minimum absolute atomic E-state index is 0.721. The van der Waals surface area contributed by atoms with Gasteiger partial charge >= 0.3 is 0 Å². The molecule has 0 radical (unpaired) electrons. The largest absolute Gasteiger partial charge is 0.228 e. The minimum atomic E-state index is 0.721. The number of hydrogen-bond donors (Lipinski definition) is 0. The Kier molecular flexibility index (Phi) is 6.03. The summed E-state index contributed by atoms with van der Waals surface area (Å²) in [5, 5.41) is 7.28. The lowest BCUT2D eigenvalue weighted by atomic mass is 9.96. The lowest BCUT2D eigenvalue weighted by Crippen LogP contribution is -1.97. The fourth-order valence-electron chi connectivity index (χ4n) is 6.39. The van der Waals surface area contributed by atoms with E-state index >= 15 is 0 Å². The first-order chi connectivity index (χ1) is 22.3. The third kappa shape index (κ3) is 4.57. The van der Waals surface area contributed by atoms with E-state index in [1.165, 1.54) is 52.8 Å². The van der Waals surface area contributed by atoms with Crippen LogP contribution in [-0.4, -0.2) is 9.97 Å². The van der Waals surface area contributed by atoms with E-state index in [9.17, 15) is 0 Å². The Morgan fingerprint density at radius 3 is 1.78 bits per heavy atom. The Morgan fingerprint density at radius 2 is 1.00 bits per heavy atom. The molecule has 7 aromatic carbocycles. The van der Waals surface area contributed by atoms with Gasteiger partial charge in [-0.05, 0) is 69.1 Å². The molecule has 9 rings (SSSR count). The summed E-state index contributed by atoms with van der Waals surface area (Å²) in [5.74, 6) is 0.721. The van der Waals surface area contributed by atoms with Crippen molar-refractivity contribution in [3.8, 4) is 45.0 Å². The molecular weight excluding hydrogens is 565 g/mol. The van der Waals surface area contributed by atoms with Crippen molar-refractivity contribution in [1.82, 2.24) is 9.97 Å². The number of hydrogen-bond acceptors (Lipinski definition) is 3. The molecule has 0 aliphatic carbocycles. The van der Waals surface area contributed by atoms with Crippen LogP contribution in [0.4, 0.5) is 0 Å². The van der Waals surface area contributed by atoms with Gasteiger partial charge in [0.05, 0.1) is 11.4 Å². The summed E-state index contributed by atoms with van der Waals surface area (Å²) in [4.78, 5) is 10.5. The Balaban J connectivity index is 1.34. The lowest BCUT2D eigenvalue weighted by molar-refractivity contribution is 1.19. The van der Waals surface area contributed by atoms with Gasteiger partial charge in [-0.2, -0.15) is 0 Å². The van der Waals surface area contributed by atoms with Gasteiger partial charge in [-0.25, -0.2) is 9.97 Å². The van der Waals surface area contributed by atoms with Gasteiger partial charge in [0.1, 0.15) is 0 Å². The van der Waals surface area contributed by atoms with Gasteiger partial charge in [0.25, 0.3) is 0 Å². The zero-order valence-electron chi connectivity index (χ0n) is 24.3. The topological polar surface area (TPSA) is 25.8 Å². The minimum Gasteiger partial charge on any atom is -0.228 e. The van der Waals surface area contributed by atoms with Gasteiger partial charge in [-0.1, -0.05) is 121 Å². The van der Waals surface area contributed by atoms with Crippen LogP contribution < -0.4 is 0 Å². The van der Waals surface area contributed by atoms with Crippen LogP contribution in [0.25, 0.3) is 86.7 Å². The van der Waals surface area contributed by atoms with Crippen LogP contribution in [0, 0.1) is 0 Å². The standard InChI is InChI=1S/C42H26N2S/c1-2-10-27(11-3-1)34-24-36(41-35-16-8-9-17-39(35)45-40(41)25-34)38-26-37(32-20-18-28-12-4-6-14-30(28)22-32)43-42(44-38)33-21-19-29-13-5-7-15-31(29)23-33/h1-26H. The van der Waals surface area contributed by atoms with Crippen molar-refractivity contribution in [2.24, 2.45) is 0 Å². The molecule has 0 aliphatic rings. The Bertz CT molecular complexity index is 2450. The van der Waals surface area contributed by atoms with Crippen LogP contribution in [0.5, 0.6) is 0 Å². The van der Waals surface area contributed by atoms with Gasteiger partial charge in [-0.3, -0.25) is 0 Å². The smallest absolute Gasteiger partial charge is 0.160 e. The second kappa shape index (κ2) is 10.5. The van der Waals surface area contributed by atoms with Gasteiger partial charge in [-0.15, -0.1) is 11.3 Å². The number of aromatic nitrogens is 2. The first-order valence-electron chi connectivity index (χ1n) is 15.2. The molecule has 0 atom stereocenters. The SMILES string of the molecule is c1ccc(-c2cc(-c3cc(-c4ccc5ccccc5c4)nc(-c4ccc5ccccc5c4)n3)c3c(c2)sc2ccccc23)cc1. The zero-order valence-corrected chi connectivity index (χ0v) is 25.1. The van der Waals surface area contributed by atoms with E-state index < -0.39 is 0 Å². The molecule has 0 unspecified atom stereocenters. The normalized spacial score (nSPS) is 11.6. The molecule has 0 saturated heterocycles. The maximum absolute atomic E-state index is 5.33. The van der Waals surface area contributed by atoms with Crippen molar-refractivity contribution in [2.45, 2.75) is 0 Å². The summed E-state index contributed by atoms with van der Waals surface area (Å²) in [6, 6.07) is 56.2. The predicted molar refractivity (Wildman–Crippen MR) is 192 cm³/mol. The molecule has 9 aromatic rings. The molecule has 2 heterocycles. The number of benzene rings is 7. The van der Waals surface area contributed by atoms with E-state index in [0.29, 0.717) is 0 Å². The molecule has 2 nitrogen and oxygen atoms in total. The maximum Gasteiger partial charge on any atom is 0.160 e. The summed E-state index contributed by atoms with van der Waals surface area (Å²) in [5.41, 5.74) is 7.40. The van der Waals surface area contributed by atoms with Gasteiger partial charge < -0.3 is 0 Å². The molecule has 0 aliphatic heterocycles. The highest BCUT2D eigenvalue weighted by atomic mass is 32.1. The molecule has 0 spiro atoms. The first kappa shape index (κ1) is 25.8. The molecule has 3 heteroatoms. The molecule has 0 bridgehead atoms. The number of fused-ring (bicyclic) bond motifs is 5. The van der Waals surface area contributed by atoms with E-state index in [1.54, 1.807) is 0 Å². The monoisotopic (exact) mass is 590 g/mol. The Labute approximate surface area is 264 Å². The molecule has 0 N–H and O–H groups in total. The second-order valence-electron chi connectivity index (χ2n) is 11.4. The van der Waals surface area contributed by atoms with Crippen LogP contribution in [0.2, 0.25) is 0 Å². The third-order valence-corrected chi connectivity index (χ3v) is 9.76. The van der Waals surface area contributed by atoms with Gasteiger partial charge in [0, 0.05) is 36.9 Å². The third-order valence-electron chi connectivity index (χ3n) is 8.64. The van der Waals surface area contributed by atoms with Gasteiger partial charge in [0.15, 0.2) is 5.82 Å². The zero-order chi connectivity index (χ0) is 29.7. The second-order valence-corrected chi connectivity index (χ2v) is 12.5. The maximum atomic E-state index is 5.33.